The van der Waals surface area contributed by atoms with E-state index in [1.807, 2.05) is 12.1 Å². The number of thioether (sulfide) groups is 1. The number of nitrogen functional groups attached to an aromatic ring is 1. The number of nitro benzene ring substituents is 1. The molecule has 3 N–H and O–H groups in total. The summed E-state index contributed by atoms with van der Waals surface area (Å²) in [6, 6.07) is 13.5. The van der Waals surface area contributed by atoms with E-state index in [1.165, 1.54) is 23.9 Å². The van der Waals surface area contributed by atoms with Gasteiger partial charge >= 0.3 is 0 Å². The van der Waals surface area contributed by atoms with Gasteiger partial charge in [0, 0.05) is 28.3 Å². The standard InChI is InChI=1S/C14H13N3O3S/c15-16-14(18)13-4-2-1-3-10(13)9-21-12-7-5-11(6-8-12)17(19)20/h1-8H,9,15H2,(H,16,18). The summed E-state index contributed by atoms with van der Waals surface area (Å²) in [6.45, 7) is 0. The minimum absolute atomic E-state index is 0.0576. The maximum atomic E-state index is 11.6. The minimum Gasteiger partial charge on any atom is -0.290 e. The third-order valence-electron chi connectivity index (χ3n) is 2.83. The number of hydrogen-bond donors (Lipinski definition) is 2. The molecule has 0 fully saturated rings. The molecule has 2 aromatic rings. The highest BCUT2D eigenvalue weighted by Crippen LogP contribution is 2.26. The van der Waals surface area contributed by atoms with Crippen LogP contribution in [0.3, 0.4) is 0 Å². The van der Waals surface area contributed by atoms with Crippen LogP contribution in [0.25, 0.3) is 0 Å². The number of rotatable bonds is 5. The van der Waals surface area contributed by atoms with Crippen molar-refractivity contribution in [3.05, 3.63) is 69.8 Å². The van der Waals surface area contributed by atoms with Gasteiger partial charge in [0.1, 0.15) is 0 Å². The molecule has 0 aliphatic heterocycles. The number of hydrogen-bond acceptors (Lipinski definition) is 5. The number of non-ortho nitro benzene ring substituents is 1. The summed E-state index contributed by atoms with van der Waals surface area (Å²) in [4.78, 5) is 22.7. The van der Waals surface area contributed by atoms with Crippen LogP contribution in [0.5, 0.6) is 0 Å². The van der Waals surface area contributed by atoms with Crippen LogP contribution in [0.1, 0.15) is 15.9 Å². The van der Waals surface area contributed by atoms with Crippen LogP contribution in [0, 0.1) is 10.1 Å². The van der Waals surface area contributed by atoms with Gasteiger partial charge in [-0.3, -0.25) is 20.3 Å². The predicted octanol–water partition coefficient (Wildman–Crippen LogP) is 2.49. The van der Waals surface area contributed by atoms with E-state index in [0.717, 1.165) is 10.5 Å². The van der Waals surface area contributed by atoms with E-state index in [0.29, 0.717) is 11.3 Å². The van der Waals surface area contributed by atoms with Crippen LogP contribution in [0.15, 0.2) is 53.4 Å². The van der Waals surface area contributed by atoms with E-state index >= 15 is 0 Å². The highest BCUT2D eigenvalue weighted by Gasteiger charge is 2.10. The van der Waals surface area contributed by atoms with Gasteiger partial charge in [-0.05, 0) is 23.8 Å². The number of nitrogens with zero attached hydrogens (tertiary/aromatic N) is 1. The van der Waals surface area contributed by atoms with Gasteiger partial charge in [-0.25, -0.2) is 5.84 Å². The molecule has 2 rings (SSSR count). The summed E-state index contributed by atoms with van der Waals surface area (Å²) in [7, 11) is 0. The number of amides is 1. The van der Waals surface area contributed by atoms with E-state index < -0.39 is 4.92 Å². The second-order valence-electron chi connectivity index (χ2n) is 4.17. The Morgan fingerprint density at radius 3 is 2.48 bits per heavy atom. The number of carbonyl (C=O) groups excluding carboxylic acids is 1. The lowest BCUT2D eigenvalue weighted by atomic mass is 10.1. The molecule has 1 amide bonds. The lowest BCUT2D eigenvalue weighted by Crippen LogP contribution is -2.30. The van der Waals surface area contributed by atoms with Crippen molar-refractivity contribution in [2.75, 3.05) is 0 Å². The minimum atomic E-state index is -0.435. The molecular formula is C14H13N3O3S. The molecule has 0 aliphatic carbocycles. The van der Waals surface area contributed by atoms with Gasteiger partial charge in [-0.1, -0.05) is 18.2 Å². The van der Waals surface area contributed by atoms with Crippen molar-refractivity contribution in [1.82, 2.24) is 5.43 Å². The molecule has 6 nitrogen and oxygen atoms in total. The molecule has 0 aromatic heterocycles. The Labute approximate surface area is 125 Å². The molecule has 0 saturated heterocycles. The molecule has 108 valence electrons. The highest BCUT2D eigenvalue weighted by atomic mass is 32.2. The Balaban J connectivity index is 2.09. The van der Waals surface area contributed by atoms with Crippen LogP contribution >= 0.6 is 11.8 Å². The van der Waals surface area contributed by atoms with Gasteiger partial charge in [0.25, 0.3) is 11.6 Å². The first-order valence-electron chi connectivity index (χ1n) is 6.08. The van der Waals surface area contributed by atoms with E-state index in [2.05, 4.69) is 5.43 Å². The molecule has 0 spiro atoms. The smallest absolute Gasteiger partial charge is 0.269 e. The van der Waals surface area contributed by atoms with Crippen LogP contribution in [0.2, 0.25) is 0 Å². The van der Waals surface area contributed by atoms with E-state index in [-0.39, 0.29) is 11.6 Å². The Hall–Kier alpha value is -2.38. The molecule has 0 radical (unpaired) electrons. The predicted molar refractivity (Wildman–Crippen MR) is 80.8 cm³/mol. The molecule has 0 unspecified atom stereocenters. The van der Waals surface area contributed by atoms with Crippen molar-refractivity contribution in [3.8, 4) is 0 Å². The summed E-state index contributed by atoms with van der Waals surface area (Å²) < 4.78 is 0. The average molecular weight is 303 g/mol. The molecule has 21 heavy (non-hydrogen) atoms. The van der Waals surface area contributed by atoms with Crippen LogP contribution in [-0.2, 0) is 5.75 Å². The molecular weight excluding hydrogens is 290 g/mol. The summed E-state index contributed by atoms with van der Waals surface area (Å²) in [6.07, 6.45) is 0. The SMILES string of the molecule is NNC(=O)c1ccccc1CSc1ccc([N+](=O)[O-])cc1. The Morgan fingerprint density at radius 2 is 1.86 bits per heavy atom. The first-order valence-corrected chi connectivity index (χ1v) is 7.06. The van der Waals surface area contributed by atoms with Gasteiger partial charge in [-0.15, -0.1) is 11.8 Å². The number of nitrogens with one attached hydrogen (secondary N) is 1. The summed E-state index contributed by atoms with van der Waals surface area (Å²) >= 11 is 1.49. The first-order chi connectivity index (χ1) is 10.1. The van der Waals surface area contributed by atoms with Gasteiger partial charge in [0.05, 0.1) is 4.92 Å². The van der Waals surface area contributed by atoms with Crippen LogP contribution in [0.4, 0.5) is 5.69 Å². The maximum Gasteiger partial charge on any atom is 0.269 e. The summed E-state index contributed by atoms with van der Waals surface area (Å²) in [5.41, 5.74) is 3.55. The van der Waals surface area contributed by atoms with Gasteiger partial charge < -0.3 is 0 Å². The monoisotopic (exact) mass is 303 g/mol. The molecule has 7 heteroatoms. The number of benzene rings is 2. The van der Waals surface area contributed by atoms with Crippen molar-refractivity contribution in [2.24, 2.45) is 5.84 Å². The number of nitro groups is 1. The zero-order chi connectivity index (χ0) is 15.2. The fraction of sp³-hybridized carbons (Fsp3) is 0.0714. The Bertz CT molecular complexity index is 659. The van der Waals surface area contributed by atoms with Crippen molar-refractivity contribution in [2.45, 2.75) is 10.6 Å². The topological polar surface area (TPSA) is 98.3 Å². The molecule has 0 bridgehead atoms. The first kappa shape index (κ1) is 15.0. The average Bonchev–Trinajstić information content (AvgIpc) is 2.52. The quantitative estimate of drug-likeness (QED) is 0.291. The summed E-state index contributed by atoms with van der Waals surface area (Å²) in [5, 5.41) is 10.6. The Morgan fingerprint density at radius 1 is 1.19 bits per heavy atom. The Kier molecular flexibility index (Phi) is 4.91. The van der Waals surface area contributed by atoms with Crippen LogP contribution in [-0.4, -0.2) is 10.8 Å². The fourth-order valence-electron chi connectivity index (χ4n) is 1.77. The van der Waals surface area contributed by atoms with Crippen molar-refractivity contribution in [3.63, 3.8) is 0 Å². The zero-order valence-electron chi connectivity index (χ0n) is 11.0. The third-order valence-corrected chi connectivity index (χ3v) is 3.90. The number of carbonyl (C=O) groups is 1. The summed E-state index contributed by atoms with van der Waals surface area (Å²) in [5.74, 6) is 5.39. The van der Waals surface area contributed by atoms with Gasteiger partial charge in [0.15, 0.2) is 0 Å². The largest absolute Gasteiger partial charge is 0.290 e. The molecule has 0 atom stereocenters. The van der Waals surface area contributed by atoms with E-state index in [4.69, 9.17) is 5.84 Å². The third kappa shape index (κ3) is 3.80. The second-order valence-corrected chi connectivity index (χ2v) is 5.22. The van der Waals surface area contributed by atoms with E-state index in [9.17, 15) is 14.9 Å². The molecule has 0 aliphatic rings. The van der Waals surface area contributed by atoms with Crippen molar-refractivity contribution >= 4 is 23.4 Å². The fourth-order valence-corrected chi connectivity index (χ4v) is 2.67. The lowest BCUT2D eigenvalue weighted by molar-refractivity contribution is -0.384. The highest BCUT2D eigenvalue weighted by molar-refractivity contribution is 7.98. The van der Waals surface area contributed by atoms with Gasteiger partial charge in [-0.2, -0.15) is 0 Å². The normalized spacial score (nSPS) is 10.1. The number of hydrazine groups is 1. The lowest BCUT2D eigenvalue weighted by Gasteiger charge is -2.07. The zero-order valence-corrected chi connectivity index (χ0v) is 11.8. The van der Waals surface area contributed by atoms with Crippen molar-refractivity contribution in [1.29, 1.82) is 0 Å². The number of nitrogens with two attached hydrogens (primary N) is 1. The van der Waals surface area contributed by atoms with E-state index in [1.54, 1.807) is 24.3 Å². The van der Waals surface area contributed by atoms with Crippen molar-refractivity contribution < 1.29 is 9.72 Å². The van der Waals surface area contributed by atoms with Gasteiger partial charge in [0.2, 0.25) is 0 Å². The molecule has 0 saturated carbocycles. The molecule has 0 heterocycles. The second kappa shape index (κ2) is 6.87. The van der Waals surface area contributed by atoms with Crippen LogP contribution < -0.4 is 11.3 Å². The molecule has 2 aromatic carbocycles. The maximum absolute atomic E-state index is 11.6.